The van der Waals surface area contributed by atoms with Gasteiger partial charge in [-0.2, -0.15) is 0 Å². The third-order valence-electron chi connectivity index (χ3n) is 7.02. The standard InChI is InChI=1S/C24H25ClF3NO5S/c25-17-5-4-13(23(31)29-16-9-18(26)21(28)19(27)10-16)8-20(17)35(33,34)22-14-2-3-15(22)12-24(32,11-14)6-1-7-30/h4-5,8-10,14-15,22,30,32H,1-3,6-7,11-12H2,(H,29,31)/t14-,15?,22+,24+/m0/s1. The summed E-state index contributed by atoms with van der Waals surface area (Å²) in [5, 5.41) is 21.4. The fourth-order valence-corrected chi connectivity index (χ4v) is 8.44. The summed E-state index contributed by atoms with van der Waals surface area (Å²) in [5.41, 5.74) is -1.47. The van der Waals surface area contributed by atoms with E-state index >= 15 is 0 Å². The summed E-state index contributed by atoms with van der Waals surface area (Å²) in [7, 11) is -3.99. The molecule has 0 heterocycles. The second-order valence-electron chi connectivity index (χ2n) is 9.42. The van der Waals surface area contributed by atoms with E-state index in [1.54, 1.807) is 0 Å². The van der Waals surface area contributed by atoms with Gasteiger partial charge in [-0.05, 0) is 68.6 Å². The molecule has 4 atom stereocenters. The van der Waals surface area contributed by atoms with Crippen LogP contribution in [0, 0.1) is 29.3 Å². The molecular formula is C24H25ClF3NO5S. The van der Waals surface area contributed by atoms with E-state index in [9.17, 15) is 31.5 Å². The van der Waals surface area contributed by atoms with Crippen LogP contribution >= 0.6 is 11.6 Å². The van der Waals surface area contributed by atoms with Gasteiger partial charge in [0.05, 0.1) is 20.8 Å². The van der Waals surface area contributed by atoms with Gasteiger partial charge in [-0.1, -0.05) is 11.6 Å². The Morgan fingerprint density at radius 2 is 1.69 bits per heavy atom. The number of nitrogens with one attached hydrogen (secondary N) is 1. The van der Waals surface area contributed by atoms with Crippen molar-refractivity contribution in [2.75, 3.05) is 11.9 Å². The monoisotopic (exact) mass is 531 g/mol. The lowest BCUT2D eigenvalue weighted by Crippen LogP contribution is -2.46. The molecule has 6 nitrogen and oxygen atoms in total. The summed E-state index contributed by atoms with van der Waals surface area (Å²) in [4.78, 5) is 12.4. The van der Waals surface area contributed by atoms with E-state index < -0.39 is 44.0 Å². The Bertz CT molecular complexity index is 1220. The third-order valence-corrected chi connectivity index (χ3v) is 9.90. The quantitative estimate of drug-likeness (QED) is 0.457. The average molecular weight is 532 g/mol. The molecule has 0 aliphatic heterocycles. The molecule has 2 saturated carbocycles. The number of carbonyl (C=O) groups excluding carboxylic acids is 1. The SMILES string of the molecule is O=C(Nc1cc(F)c(F)c(F)c1)c1ccc(Cl)c(S(=O)(=O)[C@H]2C3CC[C@H]2C[C@](O)(CCCO)C3)c1. The predicted molar refractivity (Wildman–Crippen MR) is 123 cm³/mol. The lowest BCUT2D eigenvalue weighted by Gasteiger charge is -2.41. The van der Waals surface area contributed by atoms with Gasteiger partial charge in [-0.15, -0.1) is 0 Å². The van der Waals surface area contributed by atoms with Gasteiger partial charge in [0.1, 0.15) is 0 Å². The number of rotatable bonds is 7. The second kappa shape index (κ2) is 9.72. The second-order valence-corrected chi connectivity index (χ2v) is 11.9. The summed E-state index contributed by atoms with van der Waals surface area (Å²) in [6, 6.07) is 4.88. The van der Waals surface area contributed by atoms with Gasteiger partial charge in [-0.3, -0.25) is 4.79 Å². The fraction of sp³-hybridized carbons (Fsp3) is 0.458. The van der Waals surface area contributed by atoms with Crippen LogP contribution in [-0.4, -0.2) is 42.0 Å². The Kier molecular flexibility index (Phi) is 7.21. The van der Waals surface area contributed by atoms with Crippen LogP contribution in [0.5, 0.6) is 0 Å². The van der Waals surface area contributed by atoms with Gasteiger partial charge in [0.25, 0.3) is 5.91 Å². The van der Waals surface area contributed by atoms with Crippen molar-refractivity contribution in [3.63, 3.8) is 0 Å². The molecule has 2 aromatic rings. The van der Waals surface area contributed by atoms with Gasteiger partial charge in [0, 0.05) is 30.0 Å². The van der Waals surface area contributed by atoms with Crippen LogP contribution in [0.1, 0.15) is 48.9 Å². The lowest BCUT2D eigenvalue weighted by atomic mass is 9.75. The molecule has 11 heteroatoms. The van der Waals surface area contributed by atoms with Gasteiger partial charge >= 0.3 is 0 Å². The molecule has 1 amide bonds. The van der Waals surface area contributed by atoms with E-state index in [0.717, 1.165) is 6.07 Å². The summed E-state index contributed by atoms with van der Waals surface area (Å²) >= 11 is 6.24. The number of anilines is 1. The normalized spacial score (nSPS) is 26.1. The molecule has 4 rings (SSSR count). The fourth-order valence-electron chi connectivity index (χ4n) is 5.60. The molecule has 2 aromatic carbocycles. The Morgan fingerprint density at radius 1 is 1.09 bits per heavy atom. The Labute approximate surface area is 206 Å². The van der Waals surface area contributed by atoms with Crippen LogP contribution in [0.2, 0.25) is 5.02 Å². The zero-order valence-electron chi connectivity index (χ0n) is 18.6. The number of aliphatic hydroxyl groups is 2. The summed E-state index contributed by atoms with van der Waals surface area (Å²) < 4.78 is 67.5. The third kappa shape index (κ3) is 5.07. The highest BCUT2D eigenvalue weighted by molar-refractivity contribution is 7.92. The number of aliphatic hydroxyl groups excluding tert-OH is 1. The van der Waals surface area contributed by atoms with Crippen LogP contribution in [0.4, 0.5) is 18.9 Å². The molecule has 2 fully saturated rings. The zero-order chi connectivity index (χ0) is 25.5. The number of hydrogen-bond donors (Lipinski definition) is 3. The van der Waals surface area contributed by atoms with Gasteiger partial charge in [-0.25, -0.2) is 21.6 Å². The van der Waals surface area contributed by atoms with Crippen molar-refractivity contribution in [3.05, 3.63) is 58.4 Å². The average Bonchev–Trinajstić information content (AvgIpc) is 3.09. The molecule has 3 N–H and O–H groups in total. The van der Waals surface area contributed by atoms with E-state index in [2.05, 4.69) is 5.32 Å². The number of carbonyl (C=O) groups is 1. The van der Waals surface area contributed by atoms with Crippen molar-refractivity contribution in [2.24, 2.45) is 11.8 Å². The van der Waals surface area contributed by atoms with E-state index in [4.69, 9.17) is 16.7 Å². The Morgan fingerprint density at radius 3 is 2.26 bits per heavy atom. The maximum atomic E-state index is 13.7. The molecule has 0 spiro atoms. The number of sulfone groups is 1. The van der Waals surface area contributed by atoms with Crippen molar-refractivity contribution >= 4 is 33.0 Å². The number of halogens is 4. The molecule has 2 aliphatic rings. The highest BCUT2D eigenvalue weighted by Crippen LogP contribution is 2.52. The lowest BCUT2D eigenvalue weighted by molar-refractivity contribution is -0.0300. The van der Waals surface area contributed by atoms with Gasteiger partial charge in [0.2, 0.25) is 0 Å². The molecule has 2 aliphatic carbocycles. The first-order valence-corrected chi connectivity index (χ1v) is 13.2. The first-order valence-electron chi connectivity index (χ1n) is 11.3. The number of hydrogen-bond acceptors (Lipinski definition) is 5. The molecule has 0 radical (unpaired) electrons. The molecule has 2 bridgehead atoms. The molecule has 0 saturated heterocycles. The summed E-state index contributed by atoms with van der Waals surface area (Å²) in [6.07, 6.45) is 2.69. The minimum atomic E-state index is -3.99. The molecule has 190 valence electrons. The van der Waals surface area contributed by atoms with E-state index in [-0.39, 0.29) is 39.6 Å². The summed E-state index contributed by atoms with van der Waals surface area (Å²) in [5.74, 6) is -6.07. The molecule has 1 unspecified atom stereocenters. The van der Waals surface area contributed by atoms with Crippen molar-refractivity contribution in [3.8, 4) is 0 Å². The minimum Gasteiger partial charge on any atom is -0.396 e. The maximum Gasteiger partial charge on any atom is 0.255 e. The van der Waals surface area contributed by atoms with E-state index in [0.29, 0.717) is 50.7 Å². The van der Waals surface area contributed by atoms with E-state index in [1.807, 2.05) is 0 Å². The Balaban J connectivity index is 1.59. The van der Waals surface area contributed by atoms with Crippen LogP contribution < -0.4 is 5.32 Å². The highest BCUT2D eigenvalue weighted by Gasteiger charge is 2.54. The molecule has 0 aromatic heterocycles. The largest absolute Gasteiger partial charge is 0.396 e. The van der Waals surface area contributed by atoms with Crippen LogP contribution in [0.15, 0.2) is 35.2 Å². The topological polar surface area (TPSA) is 104 Å². The number of fused-ring (bicyclic) bond motifs is 2. The Hall–Kier alpha value is -2.14. The number of benzene rings is 2. The van der Waals surface area contributed by atoms with Crippen LogP contribution in [-0.2, 0) is 9.84 Å². The van der Waals surface area contributed by atoms with Crippen molar-refractivity contribution in [1.29, 1.82) is 0 Å². The van der Waals surface area contributed by atoms with E-state index in [1.165, 1.54) is 12.1 Å². The predicted octanol–water partition coefficient (Wildman–Crippen LogP) is 4.48. The van der Waals surface area contributed by atoms with Gasteiger partial charge in [0.15, 0.2) is 27.3 Å². The summed E-state index contributed by atoms with van der Waals surface area (Å²) in [6.45, 7) is -0.0545. The van der Waals surface area contributed by atoms with Crippen molar-refractivity contribution in [2.45, 2.75) is 54.3 Å². The first kappa shape index (κ1) is 25.9. The minimum absolute atomic E-state index is 0.0545. The number of amides is 1. The smallest absolute Gasteiger partial charge is 0.255 e. The first-order chi connectivity index (χ1) is 16.4. The van der Waals surface area contributed by atoms with Crippen LogP contribution in [0.25, 0.3) is 0 Å². The van der Waals surface area contributed by atoms with Crippen molar-refractivity contribution in [1.82, 2.24) is 0 Å². The zero-order valence-corrected chi connectivity index (χ0v) is 20.2. The van der Waals surface area contributed by atoms with Crippen LogP contribution in [0.3, 0.4) is 0 Å². The maximum absolute atomic E-state index is 13.7. The molecular weight excluding hydrogens is 507 g/mol. The molecule has 35 heavy (non-hydrogen) atoms. The van der Waals surface area contributed by atoms with Gasteiger partial charge < -0.3 is 15.5 Å². The highest BCUT2D eigenvalue weighted by atomic mass is 35.5. The van der Waals surface area contributed by atoms with Crippen molar-refractivity contribution < 1.29 is 36.6 Å².